The van der Waals surface area contributed by atoms with Gasteiger partial charge >= 0.3 is 6.01 Å². The first-order chi connectivity index (χ1) is 21.4. The fourth-order valence-corrected chi connectivity index (χ4v) is 5.94. The monoisotopic (exact) mass is 603 g/mol. The molecule has 4 heterocycles. The summed E-state index contributed by atoms with van der Waals surface area (Å²) in [5.74, 6) is 0.104. The van der Waals surface area contributed by atoms with Crippen LogP contribution in [-0.4, -0.2) is 90.0 Å². The van der Waals surface area contributed by atoms with Gasteiger partial charge in [-0.3, -0.25) is 9.78 Å². The molecule has 3 aliphatic rings. The van der Waals surface area contributed by atoms with Crippen molar-refractivity contribution in [2.45, 2.75) is 51.0 Å². The number of pyridine rings is 1. The molecule has 1 saturated carbocycles. The summed E-state index contributed by atoms with van der Waals surface area (Å²) in [7, 11) is 0. The molecular weight excluding hydrogens is 568 g/mol. The van der Waals surface area contributed by atoms with E-state index in [2.05, 4.69) is 19.6 Å². The average Bonchev–Trinajstić information content (AvgIpc) is 3.86. The topological polar surface area (TPSA) is 88.3 Å². The second-order valence-electron chi connectivity index (χ2n) is 11.4. The first-order valence-electron chi connectivity index (χ1n) is 15.0. The van der Waals surface area contributed by atoms with Gasteiger partial charge in [0.2, 0.25) is 12.5 Å². The Hall–Kier alpha value is -4.37. The molecule has 0 bridgehead atoms. The lowest BCUT2D eigenvalue weighted by molar-refractivity contribution is -0.128. The third-order valence-electron chi connectivity index (χ3n) is 8.19. The largest absolute Gasteiger partial charge is 0.461 e. The number of nitrogens with zero attached hydrogens (tertiary/aromatic N) is 7. The third-order valence-corrected chi connectivity index (χ3v) is 8.19. The van der Waals surface area contributed by atoms with Crippen molar-refractivity contribution >= 4 is 28.2 Å². The van der Waals surface area contributed by atoms with Crippen LogP contribution < -0.4 is 14.5 Å². The number of piperazine rings is 1. The number of alkyl halides is 1. The van der Waals surface area contributed by atoms with E-state index in [1.54, 1.807) is 23.4 Å². The fraction of sp³-hybridized carbons (Fsp3) is 0.469. The van der Waals surface area contributed by atoms with Crippen LogP contribution in [0.4, 0.5) is 20.3 Å². The van der Waals surface area contributed by atoms with Crippen molar-refractivity contribution in [3.63, 3.8) is 0 Å². The van der Waals surface area contributed by atoms with Crippen molar-refractivity contribution < 1.29 is 23.0 Å². The van der Waals surface area contributed by atoms with Crippen LogP contribution in [0.5, 0.6) is 6.01 Å². The Balaban J connectivity index is 1.31. The van der Waals surface area contributed by atoms with Gasteiger partial charge in [0.25, 0.3) is 0 Å². The average molecular weight is 604 g/mol. The second-order valence-corrected chi connectivity index (χ2v) is 11.4. The van der Waals surface area contributed by atoms with Crippen molar-refractivity contribution in [2.24, 2.45) is 0 Å². The number of hydrogen-bond acceptors (Lipinski definition) is 8. The number of benzene rings is 1. The van der Waals surface area contributed by atoms with E-state index in [0.717, 1.165) is 29.5 Å². The highest BCUT2D eigenvalue weighted by molar-refractivity contribution is 5.94. The van der Waals surface area contributed by atoms with Crippen molar-refractivity contribution in [2.75, 3.05) is 55.8 Å². The quantitative estimate of drug-likeness (QED) is 0.253. The first kappa shape index (κ1) is 29.7. The molecule has 2 aliphatic heterocycles. The fourth-order valence-electron chi connectivity index (χ4n) is 5.94. The molecule has 1 aliphatic carbocycles. The Bertz CT molecular complexity index is 1590. The minimum absolute atomic E-state index is 0.117. The number of carbonyl (C=O) groups excluding carboxylic acids is 1. The van der Waals surface area contributed by atoms with Gasteiger partial charge in [0, 0.05) is 54.8 Å². The molecule has 3 aromatic rings. The maximum atomic E-state index is 15.0. The van der Waals surface area contributed by atoms with Gasteiger partial charge in [-0.25, -0.2) is 15.4 Å². The van der Waals surface area contributed by atoms with Crippen LogP contribution in [0.3, 0.4) is 0 Å². The summed E-state index contributed by atoms with van der Waals surface area (Å²) in [6, 6.07) is 4.82. The van der Waals surface area contributed by atoms with E-state index < -0.39 is 6.67 Å². The normalized spacial score (nSPS) is 19.2. The highest BCUT2D eigenvalue weighted by atomic mass is 19.1. The van der Waals surface area contributed by atoms with Gasteiger partial charge in [-0.2, -0.15) is 9.97 Å². The van der Waals surface area contributed by atoms with Crippen LogP contribution in [0, 0.1) is 12.4 Å². The molecule has 0 unspecified atom stereocenters. The Kier molecular flexibility index (Phi) is 8.84. The van der Waals surface area contributed by atoms with Gasteiger partial charge in [-0.05, 0) is 38.3 Å². The molecule has 1 aromatic carbocycles. The third kappa shape index (κ3) is 6.43. The molecule has 44 heavy (non-hydrogen) atoms. The van der Waals surface area contributed by atoms with Crippen LogP contribution >= 0.6 is 0 Å². The molecule has 12 heteroatoms. The molecule has 2 fully saturated rings. The smallest absolute Gasteiger partial charge is 0.318 e. The van der Waals surface area contributed by atoms with Crippen LogP contribution in [0.25, 0.3) is 15.6 Å². The Morgan fingerprint density at radius 3 is 2.86 bits per heavy atom. The SMILES string of the molecule is [C-]#[N+]C[C@H]1CN(c2nc(OC[C@@H](C)OC3CC3)nc3c2CCN(c2cncc4cccc(F)c24)C3)CCN1C(=O)/C=C/CF. The zero-order chi connectivity index (χ0) is 30.6. The lowest BCUT2D eigenvalue weighted by atomic mass is 10.0. The number of carbonyl (C=O) groups is 1. The maximum Gasteiger partial charge on any atom is 0.318 e. The summed E-state index contributed by atoms with van der Waals surface area (Å²) in [6.45, 7) is 11.4. The maximum absolute atomic E-state index is 15.0. The number of anilines is 2. The number of fused-ring (bicyclic) bond motifs is 2. The highest BCUT2D eigenvalue weighted by Crippen LogP contribution is 2.35. The van der Waals surface area contributed by atoms with Crippen molar-refractivity contribution in [1.82, 2.24) is 19.9 Å². The van der Waals surface area contributed by atoms with Crippen LogP contribution in [-0.2, 0) is 22.5 Å². The summed E-state index contributed by atoms with van der Waals surface area (Å²) in [5, 5.41) is 1.25. The van der Waals surface area contributed by atoms with Crippen LogP contribution in [0.1, 0.15) is 31.0 Å². The van der Waals surface area contributed by atoms with E-state index in [1.165, 1.54) is 18.2 Å². The van der Waals surface area contributed by atoms with Crippen molar-refractivity contribution in [3.8, 4) is 6.01 Å². The molecular formula is C32H35F2N7O3. The standard InChI is InChI=1S/C32H35F2N7O3/c1-21(44-24-8-9-24)20-43-32-37-27-19-39(28-17-36-15-22-5-3-6-26(34)30(22)28)12-10-25(27)31(38-32)40-13-14-41(23(18-40)16-35-2)29(42)7-4-11-33/h3-7,15,17,21,23-24H,8-14,16,18-20H2,1H3/b7-4+/t21-,23+/m1/s1. The molecule has 0 radical (unpaired) electrons. The number of halogens is 2. The van der Waals surface area contributed by atoms with Crippen LogP contribution in [0.2, 0.25) is 0 Å². The number of hydrogen-bond donors (Lipinski definition) is 0. The minimum Gasteiger partial charge on any atom is -0.461 e. The number of rotatable bonds is 10. The van der Waals surface area contributed by atoms with Crippen LogP contribution in [0.15, 0.2) is 42.7 Å². The van der Waals surface area contributed by atoms with E-state index in [4.69, 9.17) is 26.0 Å². The Labute approximate surface area is 255 Å². The number of aromatic nitrogens is 3. The number of ether oxygens (including phenoxy) is 2. The van der Waals surface area contributed by atoms with Crippen molar-refractivity contribution in [3.05, 3.63) is 71.2 Å². The van der Waals surface area contributed by atoms with E-state index in [-0.39, 0.29) is 42.5 Å². The van der Waals surface area contributed by atoms with Gasteiger partial charge in [-0.1, -0.05) is 12.1 Å². The molecule has 2 aromatic heterocycles. The van der Waals surface area contributed by atoms with Gasteiger partial charge in [0.1, 0.15) is 31.0 Å². The summed E-state index contributed by atoms with van der Waals surface area (Å²) in [4.78, 5) is 36.2. The molecule has 10 nitrogen and oxygen atoms in total. The van der Waals surface area contributed by atoms with Gasteiger partial charge in [-0.15, -0.1) is 0 Å². The summed E-state index contributed by atoms with van der Waals surface area (Å²) in [5.41, 5.74) is 2.43. The molecule has 0 N–H and O–H groups in total. The molecule has 2 atom stereocenters. The Morgan fingerprint density at radius 2 is 2.07 bits per heavy atom. The predicted molar refractivity (Wildman–Crippen MR) is 162 cm³/mol. The highest BCUT2D eigenvalue weighted by Gasteiger charge is 2.35. The number of allylic oxidation sites excluding steroid dienone is 1. The summed E-state index contributed by atoms with van der Waals surface area (Å²) < 4.78 is 39.7. The minimum atomic E-state index is -0.724. The zero-order valence-corrected chi connectivity index (χ0v) is 24.7. The van der Waals surface area contributed by atoms with E-state index in [9.17, 15) is 9.18 Å². The van der Waals surface area contributed by atoms with Gasteiger partial charge in [0.15, 0.2) is 0 Å². The molecule has 1 amide bonds. The molecule has 0 spiro atoms. The predicted octanol–water partition coefficient (Wildman–Crippen LogP) is 4.14. The molecule has 230 valence electrons. The van der Waals surface area contributed by atoms with E-state index in [0.29, 0.717) is 62.6 Å². The van der Waals surface area contributed by atoms with E-state index in [1.807, 2.05) is 13.0 Å². The molecule has 1 saturated heterocycles. The Morgan fingerprint density at radius 1 is 1.20 bits per heavy atom. The van der Waals surface area contributed by atoms with E-state index >= 15 is 4.39 Å². The lowest BCUT2D eigenvalue weighted by Crippen LogP contribution is -2.56. The summed E-state index contributed by atoms with van der Waals surface area (Å²) in [6.07, 6.45) is 8.66. The van der Waals surface area contributed by atoms with Gasteiger partial charge < -0.3 is 29.0 Å². The zero-order valence-electron chi connectivity index (χ0n) is 24.7. The van der Waals surface area contributed by atoms with Crippen molar-refractivity contribution in [1.29, 1.82) is 0 Å². The number of amides is 1. The van der Waals surface area contributed by atoms with Gasteiger partial charge in [0.05, 0.1) is 36.3 Å². The summed E-state index contributed by atoms with van der Waals surface area (Å²) >= 11 is 0. The first-order valence-corrected chi connectivity index (χ1v) is 15.0. The molecule has 6 rings (SSSR count). The second kappa shape index (κ2) is 13.1. The lowest BCUT2D eigenvalue weighted by Gasteiger charge is -2.41.